The number of carbonyl (C=O) groups is 1. The number of aryl methyl sites for hydroxylation is 1. The Morgan fingerprint density at radius 3 is 3.00 bits per heavy atom. The molecule has 1 aliphatic rings. The first kappa shape index (κ1) is 12.3. The number of carbonyl (C=O) groups excluding carboxylic acids is 1. The van der Waals surface area contributed by atoms with E-state index in [2.05, 4.69) is 17.3 Å². The van der Waals surface area contributed by atoms with Gasteiger partial charge in [-0.2, -0.15) is 5.10 Å². The number of nitrogens with zero attached hydrogens (tertiary/aromatic N) is 2. The van der Waals surface area contributed by atoms with Crippen LogP contribution in [0.25, 0.3) is 0 Å². The summed E-state index contributed by atoms with van der Waals surface area (Å²) < 4.78 is 1.80. The number of rotatable bonds is 4. The third-order valence-corrected chi connectivity index (χ3v) is 3.88. The normalized spacial score (nSPS) is 24.8. The summed E-state index contributed by atoms with van der Waals surface area (Å²) in [7, 11) is 0. The number of hydrogen-bond acceptors (Lipinski definition) is 3. The summed E-state index contributed by atoms with van der Waals surface area (Å²) in [5.74, 6) is 0.256. The number of nitrogens with one attached hydrogen (secondary N) is 1. The molecule has 0 bridgehead atoms. The maximum absolute atomic E-state index is 12.7. The Balaban J connectivity index is 2.28. The van der Waals surface area contributed by atoms with E-state index in [1.54, 1.807) is 10.9 Å². The van der Waals surface area contributed by atoms with Gasteiger partial charge in [0, 0.05) is 24.7 Å². The molecule has 0 spiro atoms. The van der Waals surface area contributed by atoms with E-state index in [4.69, 9.17) is 0 Å². The highest BCUT2D eigenvalue weighted by Gasteiger charge is 2.39. The van der Waals surface area contributed by atoms with Gasteiger partial charge < -0.3 is 5.32 Å². The molecule has 0 aliphatic carbocycles. The topological polar surface area (TPSA) is 46.9 Å². The molecule has 1 aromatic heterocycles. The van der Waals surface area contributed by atoms with Gasteiger partial charge in [-0.3, -0.25) is 9.48 Å². The van der Waals surface area contributed by atoms with E-state index in [9.17, 15) is 4.79 Å². The van der Waals surface area contributed by atoms with Crippen molar-refractivity contribution in [1.29, 1.82) is 0 Å². The predicted octanol–water partition coefficient (Wildman–Crippen LogP) is 1.87. The van der Waals surface area contributed by atoms with Crippen LogP contribution in [-0.4, -0.2) is 28.7 Å². The van der Waals surface area contributed by atoms with E-state index < -0.39 is 0 Å². The highest BCUT2D eigenvalue weighted by atomic mass is 16.1. The minimum Gasteiger partial charge on any atom is -0.316 e. The Morgan fingerprint density at radius 2 is 2.41 bits per heavy atom. The van der Waals surface area contributed by atoms with Crippen LogP contribution in [0, 0.1) is 5.41 Å². The van der Waals surface area contributed by atoms with Crippen molar-refractivity contribution in [3.05, 3.63) is 18.0 Å². The minimum absolute atomic E-state index is 0.217. The maximum atomic E-state index is 12.7. The molecule has 0 amide bonds. The summed E-state index contributed by atoms with van der Waals surface area (Å²) in [5, 5.41) is 7.55. The van der Waals surface area contributed by atoms with Gasteiger partial charge >= 0.3 is 0 Å². The van der Waals surface area contributed by atoms with E-state index in [1.807, 2.05) is 13.0 Å². The average molecular weight is 235 g/mol. The summed E-state index contributed by atoms with van der Waals surface area (Å²) in [4.78, 5) is 12.7. The zero-order valence-corrected chi connectivity index (χ0v) is 10.7. The van der Waals surface area contributed by atoms with E-state index in [-0.39, 0.29) is 11.2 Å². The van der Waals surface area contributed by atoms with Gasteiger partial charge in [0.05, 0.1) is 0 Å². The largest absolute Gasteiger partial charge is 0.316 e. The highest BCUT2D eigenvalue weighted by molar-refractivity contribution is 5.99. The molecule has 1 N–H and O–H groups in total. The fourth-order valence-corrected chi connectivity index (χ4v) is 2.67. The van der Waals surface area contributed by atoms with E-state index in [1.165, 1.54) is 0 Å². The van der Waals surface area contributed by atoms with Crippen LogP contribution in [-0.2, 0) is 6.54 Å². The molecule has 94 valence electrons. The third-order valence-electron chi connectivity index (χ3n) is 3.88. The van der Waals surface area contributed by atoms with Gasteiger partial charge in [-0.05, 0) is 38.8 Å². The van der Waals surface area contributed by atoms with E-state index in [0.717, 1.165) is 44.6 Å². The van der Waals surface area contributed by atoms with Crippen molar-refractivity contribution < 1.29 is 4.79 Å². The van der Waals surface area contributed by atoms with Crippen molar-refractivity contribution in [1.82, 2.24) is 15.1 Å². The minimum atomic E-state index is -0.217. The zero-order valence-electron chi connectivity index (χ0n) is 10.7. The molecule has 1 unspecified atom stereocenters. The summed E-state index contributed by atoms with van der Waals surface area (Å²) >= 11 is 0. The van der Waals surface area contributed by atoms with E-state index >= 15 is 0 Å². The van der Waals surface area contributed by atoms with Crippen LogP contribution in [0.15, 0.2) is 12.3 Å². The van der Waals surface area contributed by atoms with Crippen LogP contribution >= 0.6 is 0 Å². The lowest BCUT2D eigenvalue weighted by Crippen LogP contribution is -2.45. The Hall–Kier alpha value is -1.16. The molecule has 1 saturated heterocycles. The van der Waals surface area contributed by atoms with Crippen molar-refractivity contribution >= 4 is 5.78 Å². The van der Waals surface area contributed by atoms with Gasteiger partial charge in [0.15, 0.2) is 5.78 Å². The molecule has 1 fully saturated rings. The second-order valence-corrected chi connectivity index (χ2v) is 4.78. The summed E-state index contributed by atoms with van der Waals surface area (Å²) in [6.45, 7) is 6.71. The van der Waals surface area contributed by atoms with Crippen LogP contribution < -0.4 is 5.32 Å². The highest BCUT2D eigenvalue weighted by Crippen LogP contribution is 2.33. The predicted molar refractivity (Wildman–Crippen MR) is 67.1 cm³/mol. The van der Waals surface area contributed by atoms with Crippen molar-refractivity contribution in [3.63, 3.8) is 0 Å². The fourth-order valence-electron chi connectivity index (χ4n) is 2.67. The van der Waals surface area contributed by atoms with Crippen LogP contribution in [0.2, 0.25) is 0 Å². The summed E-state index contributed by atoms with van der Waals surface area (Å²) in [6.07, 6.45) is 4.69. The lowest BCUT2D eigenvalue weighted by Gasteiger charge is -2.35. The molecular formula is C13H21N3O. The molecule has 2 rings (SSSR count). The Kier molecular flexibility index (Phi) is 3.62. The molecule has 0 aromatic carbocycles. The van der Waals surface area contributed by atoms with Crippen molar-refractivity contribution in [2.24, 2.45) is 5.41 Å². The second-order valence-electron chi connectivity index (χ2n) is 4.78. The maximum Gasteiger partial charge on any atom is 0.188 e. The molecule has 2 heterocycles. The second kappa shape index (κ2) is 5.00. The lowest BCUT2D eigenvalue weighted by molar-refractivity contribution is 0.0718. The van der Waals surface area contributed by atoms with Gasteiger partial charge in [0.2, 0.25) is 0 Å². The molecular weight excluding hydrogens is 214 g/mol. The molecule has 0 radical (unpaired) electrons. The first-order chi connectivity index (χ1) is 8.23. The molecule has 0 saturated carbocycles. The van der Waals surface area contributed by atoms with Crippen molar-refractivity contribution in [2.75, 3.05) is 13.1 Å². The molecule has 17 heavy (non-hydrogen) atoms. The number of piperidine rings is 1. The Labute approximate surface area is 102 Å². The average Bonchev–Trinajstić information content (AvgIpc) is 2.86. The van der Waals surface area contributed by atoms with Crippen LogP contribution in [0.3, 0.4) is 0 Å². The number of aromatic nitrogens is 2. The molecule has 4 nitrogen and oxygen atoms in total. The third kappa shape index (κ3) is 2.14. The van der Waals surface area contributed by atoms with Crippen LogP contribution in [0.1, 0.15) is 43.6 Å². The number of Topliss-reactive ketones (excluding diaryl/α,β-unsaturated/α-hetero) is 1. The summed E-state index contributed by atoms with van der Waals surface area (Å²) in [5.41, 5.74) is 0.545. The van der Waals surface area contributed by atoms with Gasteiger partial charge in [-0.15, -0.1) is 0 Å². The fraction of sp³-hybridized carbons (Fsp3) is 0.692. The Bertz CT molecular complexity index is 391. The molecule has 4 heteroatoms. The van der Waals surface area contributed by atoms with Gasteiger partial charge in [-0.25, -0.2) is 0 Å². The molecule has 1 atom stereocenters. The Morgan fingerprint density at radius 1 is 1.59 bits per heavy atom. The lowest BCUT2D eigenvalue weighted by atomic mass is 9.74. The number of hydrogen-bond donors (Lipinski definition) is 1. The smallest absolute Gasteiger partial charge is 0.188 e. The van der Waals surface area contributed by atoms with Gasteiger partial charge in [0.1, 0.15) is 5.69 Å². The molecule has 1 aromatic rings. The quantitative estimate of drug-likeness (QED) is 0.810. The first-order valence-corrected chi connectivity index (χ1v) is 6.51. The van der Waals surface area contributed by atoms with Crippen molar-refractivity contribution in [2.45, 2.75) is 39.7 Å². The number of ketones is 1. The first-order valence-electron chi connectivity index (χ1n) is 6.51. The standard InChI is InChI=1S/C13H21N3O/c1-3-13(7-5-8-14-10-13)12(17)11-6-9-15-16(11)4-2/h6,9,14H,3-5,7-8,10H2,1-2H3. The monoisotopic (exact) mass is 235 g/mol. The zero-order chi connectivity index (χ0) is 12.3. The van der Waals surface area contributed by atoms with Crippen LogP contribution in [0.5, 0.6) is 0 Å². The van der Waals surface area contributed by atoms with E-state index in [0.29, 0.717) is 0 Å². The summed E-state index contributed by atoms with van der Waals surface area (Å²) in [6, 6.07) is 1.85. The van der Waals surface area contributed by atoms with Crippen molar-refractivity contribution in [3.8, 4) is 0 Å². The van der Waals surface area contributed by atoms with Crippen LogP contribution in [0.4, 0.5) is 0 Å². The van der Waals surface area contributed by atoms with Gasteiger partial charge in [0.25, 0.3) is 0 Å². The molecule has 1 aliphatic heterocycles. The SMILES string of the molecule is CCn1nccc1C(=O)C1(CC)CCCNC1. The van der Waals surface area contributed by atoms with Gasteiger partial charge in [-0.1, -0.05) is 6.92 Å².